The van der Waals surface area contributed by atoms with E-state index in [1.54, 1.807) is 13.2 Å². The Morgan fingerprint density at radius 3 is 2.52 bits per heavy atom. The molecule has 0 spiro atoms. The largest absolute Gasteiger partial charge is 0.388 e. The van der Waals surface area contributed by atoms with Crippen LogP contribution in [-0.4, -0.2) is 106 Å². The predicted molar refractivity (Wildman–Crippen MR) is 129 cm³/mol. The highest BCUT2D eigenvalue weighted by atomic mass is 35.5. The van der Waals surface area contributed by atoms with Crippen molar-refractivity contribution in [3.8, 4) is 0 Å². The first kappa shape index (κ1) is 27.5. The van der Waals surface area contributed by atoms with Crippen LogP contribution in [0.4, 0.5) is 0 Å². The molecule has 10 heteroatoms. The molecule has 0 aliphatic carbocycles. The highest BCUT2D eigenvalue weighted by Crippen LogP contribution is 2.37. The number of halogens is 1. The number of thioether (sulfide) groups is 1. The van der Waals surface area contributed by atoms with E-state index in [9.17, 15) is 20.1 Å². The Bertz CT molecular complexity index is 656. The van der Waals surface area contributed by atoms with E-state index in [4.69, 9.17) is 21.1 Å². The van der Waals surface area contributed by atoms with Crippen molar-refractivity contribution in [1.29, 1.82) is 0 Å². The van der Waals surface area contributed by atoms with Gasteiger partial charge in [-0.25, -0.2) is 0 Å². The van der Waals surface area contributed by atoms with Crippen LogP contribution in [0.5, 0.6) is 0 Å². The van der Waals surface area contributed by atoms with Crippen molar-refractivity contribution in [1.82, 2.24) is 10.2 Å². The molecule has 0 aromatic heterocycles. The van der Waals surface area contributed by atoms with Gasteiger partial charge < -0.3 is 30.1 Å². The minimum atomic E-state index is -1.39. The molecule has 5 unspecified atom stereocenters. The zero-order chi connectivity index (χ0) is 24.4. The number of hydrogen-bond donors (Lipinski definition) is 4. The van der Waals surface area contributed by atoms with Gasteiger partial charge in [0, 0.05) is 19.1 Å². The first-order chi connectivity index (χ1) is 15.5. The van der Waals surface area contributed by atoms with Gasteiger partial charge in [-0.3, -0.25) is 9.69 Å². The van der Waals surface area contributed by atoms with Crippen LogP contribution in [0.15, 0.2) is 0 Å². The number of alkyl halides is 1. The number of aliphatic hydroxyl groups excluding tert-OH is 3. The summed E-state index contributed by atoms with van der Waals surface area (Å²) >= 11 is 7.67. The molecule has 3 aliphatic rings. The highest BCUT2D eigenvalue weighted by Gasteiger charge is 2.50. The van der Waals surface area contributed by atoms with Crippen LogP contribution in [0.2, 0.25) is 0 Å². The quantitative estimate of drug-likeness (QED) is 0.377. The summed E-state index contributed by atoms with van der Waals surface area (Å²) in [5.74, 6) is 1.31. The van der Waals surface area contributed by atoms with Gasteiger partial charge in [0.15, 0.2) is 0 Å². The third-order valence-electron chi connectivity index (χ3n) is 7.32. The van der Waals surface area contributed by atoms with E-state index < -0.39 is 47.3 Å². The number of carbonyl (C=O) groups excluding carboxylic acids is 1. The van der Waals surface area contributed by atoms with Gasteiger partial charge in [-0.05, 0) is 51.3 Å². The highest BCUT2D eigenvalue weighted by molar-refractivity contribution is 7.99. The molecular formula is C23H41ClN2O6S. The lowest BCUT2D eigenvalue weighted by Gasteiger charge is -2.44. The summed E-state index contributed by atoms with van der Waals surface area (Å²) in [5, 5.41) is 33.5. The zero-order valence-electron chi connectivity index (χ0n) is 20.3. The van der Waals surface area contributed by atoms with Crippen LogP contribution in [0, 0.1) is 17.8 Å². The third-order valence-corrected chi connectivity index (χ3v) is 8.44. The van der Waals surface area contributed by atoms with Gasteiger partial charge in [-0.2, -0.15) is 0 Å². The van der Waals surface area contributed by atoms with E-state index in [0.29, 0.717) is 24.4 Å². The second kappa shape index (κ2) is 11.7. The van der Waals surface area contributed by atoms with Gasteiger partial charge >= 0.3 is 0 Å². The first-order valence-electron chi connectivity index (χ1n) is 12.0. The number of hydrogen-bond acceptors (Lipinski definition) is 8. The summed E-state index contributed by atoms with van der Waals surface area (Å²) < 4.78 is 12.1. The van der Waals surface area contributed by atoms with Crippen LogP contribution in [-0.2, 0) is 14.3 Å². The summed E-state index contributed by atoms with van der Waals surface area (Å²) in [6, 6.07) is -1.21. The Balaban J connectivity index is 1.72. The van der Waals surface area contributed by atoms with Crippen molar-refractivity contribution in [3.05, 3.63) is 0 Å². The van der Waals surface area contributed by atoms with Crippen molar-refractivity contribution in [3.63, 3.8) is 0 Å². The summed E-state index contributed by atoms with van der Waals surface area (Å²) in [5.41, 5.74) is -0.732. The van der Waals surface area contributed by atoms with E-state index in [1.807, 2.05) is 11.9 Å². The van der Waals surface area contributed by atoms with Crippen LogP contribution < -0.4 is 5.32 Å². The SMILES string of the molecule is CSC1OC([C@H](NC(=O)[C@@H]2[C@@H]3OCC[C@@H](CC(C)C)C[C@H]3CN2C)[C@H](C)Cl)C(O)C(O)C1O. The van der Waals surface area contributed by atoms with Crippen molar-refractivity contribution in [2.75, 3.05) is 26.5 Å². The van der Waals surface area contributed by atoms with Gasteiger partial charge in [-0.1, -0.05) is 13.8 Å². The first-order valence-corrected chi connectivity index (χ1v) is 13.8. The number of nitrogens with zero attached hydrogens (tertiary/aromatic N) is 1. The number of nitrogens with one attached hydrogen (secondary N) is 1. The zero-order valence-corrected chi connectivity index (χ0v) is 21.8. The number of carbonyl (C=O) groups is 1. The molecule has 8 nitrogen and oxygen atoms in total. The van der Waals surface area contributed by atoms with Gasteiger partial charge in [0.05, 0.1) is 17.5 Å². The lowest BCUT2D eigenvalue weighted by molar-refractivity contribution is -0.205. The van der Waals surface area contributed by atoms with Gasteiger partial charge in [0.25, 0.3) is 0 Å². The fraction of sp³-hybridized carbons (Fsp3) is 0.957. The van der Waals surface area contributed by atoms with Crippen molar-refractivity contribution >= 4 is 29.3 Å². The summed E-state index contributed by atoms with van der Waals surface area (Å²) in [4.78, 5) is 15.5. The molecule has 0 saturated carbocycles. The molecule has 3 aliphatic heterocycles. The molecule has 3 heterocycles. The van der Waals surface area contributed by atoms with Crippen LogP contribution in [0.1, 0.15) is 40.0 Å². The normalized spacial score (nSPS) is 41.9. The number of ether oxygens (including phenoxy) is 2. The molecule has 0 aromatic rings. The minimum absolute atomic E-state index is 0.193. The average Bonchev–Trinajstić information content (AvgIpc) is 2.92. The van der Waals surface area contributed by atoms with Gasteiger partial charge in [-0.15, -0.1) is 23.4 Å². The fourth-order valence-electron chi connectivity index (χ4n) is 5.75. The smallest absolute Gasteiger partial charge is 0.240 e. The molecule has 192 valence electrons. The Kier molecular flexibility index (Phi) is 9.77. The second-order valence-electron chi connectivity index (χ2n) is 10.4. The fourth-order valence-corrected chi connectivity index (χ4v) is 6.64. The second-order valence-corrected chi connectivity index (χ2v) is 12.0. The maximum absolute atomic E-state index is 13.5. The van der Waals surface area contributed by atoms with Crippen LogP contribution in [0.25, 0.3) is 0 Å². The van der Waals surface area contributed by atoms with Gasteiger partial charge in [0.2, 0.25) is 5.91 Å². The summed E-state index contributed by atoms with van der Waals surface area (Å²) in [7, 11) is 1.94. The molecular weight excluding hydrogens is 468 g/mol. The van der Waals surface area contributed by atoms with Crippen molar-refractivity contribution in [2.24, 2.45) is 17.8 Å². The molecule has 3 rings (SSSR count). The molecule has 3 fully saturated rings. The minimum Gasteiger partial charge on any atom is -0.388 e. The molecule has 1 amide bonds. The van der Waals surface area contributed by atoms with Crippen molar-refractivity contribution in [2.45, 2.75) is 93.5 Å². The molecule has 0 bridgehead atoms. The van der Waals surface area contributed by atoms with Gasteiger partial charge in [0.1, 0.15) is 35.9 Å². The van der Waals surface area contributed by atoms with E-state index in [-0.39, 0.29) is 12.0 Å². The molecule has 0 aromatic carbocycles. The lowest BCUT2D eigenvalue weighted by Crippen LogP contribution is -2.65. The van der Waals surface area contributed by atoms with E-state index in [0.717, 1.165) is 19.4 Å². The number of fused-ring (bicyclic) bond motifs is 1. The molecule has 3 saturated heterocycles. The molecule has 4 N–H and O–H groups in total. The summed E-state index contributed by atoms with van der Waals surface area (Å²) in [6.07, 6.45) is -0.163. The van der Waals surface area contributed by atoms with E-state index in [2.05, 4.69) is 19.2 Å². The Morgan fingerprint density at radius 2 is 1.91 bits per heavy atom. The standard InChI is InChI=1S/C23H41ClN2O6S/c1-11(2)8-13-6-7-31-20-14(9-13)10-26(4)16(20)22(30)25-15(12(3)24)21-18(28)17(27)19(29)23(32-21)33-5/h11-21,23,27-29H,6-10H2,1-5H3,(H,25,30)/t12-,13-,14-,15+,16-,17?,18?,19?,20+,21?,23?/m0/s1. The lowest BCUT2D eigenvalue weighted by atomic mass is 9.85. The molecule has 0 radical (unpaired) electrons. The topological polar surface area (TPSA) is 111 Å². The van der Waals surface area contributed by atoms with E-state index in [1.165, 1.54) is 18.2 Å². The number of rotatable bonds is 7. The monoisotopic (exact) mass is 508 g/mol. The molecule has 33 heavy (non-hydrogen) atoms. The van der Waals surface area contributed by atoms with Crippen molar-refractivity contribution < 1.29 is 29.6 Å². The predicted octanol–water partition coefficient (Wildman–Crippen LogP) is 1.04. The van der Waals surface area contributed by atoms with Crippen LogP contribution in [0.3, 0.4) is 0 Å². The summed E-state index contributed by atoms with van der Waals surface area (Å²) in [6.45, 7) is 7.64. The number of amides is 1. The number of aliphatic hydroxyl groups is 3. The maximum atomic E-state index is 13.5. The number of likely N-dealkylation sites (N-methyl/N-ethyl adjacent to an activating group) is 1. The Hall–Kier alpha value is -0.130. The Morgan fingerprint density at radius 1 is 1.21 bits per heavy atom. The Labute approximate surface area is 206 Å². The van der Waals surface area contributed by atoms with E-state index >= 15 is 0 Å². The molecule has 11 atom stereocenters. The third kappa shape index (κ3) is 6.17. The average molecular weight is 509 g/mol. The maximum Gasteiger partial charge on any atom is 0.240 e. The number of likely N-dealkylation sites (tertiary alicyclic amines) is 1. The van der Waals surface area contributed by atoms with Crippen LogP contribution >= 0.6 is 23.4 Å².